The van der Waals surface area contributed by atoms with Gasteiger partial charge >= 0.3 is 0 Å². The SMILES string of the molecule is CNc1c(-c2noc(C)c2C(=O)NCCCOC)cnn1C. The summed E-state index contributed by atoms with van der Waals surface area (Å²) >= 11 is 0. The molecule has 0 unspecified atom stereocenters. The van der Waals surface area contributed by atoms with Crippen molar-refractivity contribution >= 4 is 11.7 Å². The fourth-order valence-corrected chi connectivity index (χ4v) is 2.24. The first-order valence-electron chi connectivity index (χ1n) is 7.03. The van der Waals surface area contributed by atoms with Crippen LogP contribution in [0.4, 0.5) is 5.82 Å². The molecule has 2 N–H and O–H groups in total. The molecule has 0 aromatic carbocycles. The topological polar surface area (TPSA) is 94.2 Å². The largest absolute Gasteiger partial charge is 0.385 e. The lowest BCUT2D eigenvalue weighted by Gasteiger charge is -2.06. The smallest absolute Gasteiger partial charge is 0.257 e. The van der Waals surface area contributed by atoms with Crippen LogP contribution in [0.15, 0.2) is 10.7 Å². The van der Waals surface area contributed by atoms with Gasteiger partial charge in [-0.25, -0.2) is 0 Å². The van der Waals surface area contributed by atoms with Crippen LogP contribution in [0.5, 0.6) is 0 Å². The fourth-order valence-electron chi connectivity index (χ4n) is 2.24. The molecule has 2 heterocycles. The van der Waals surface area contributed by atoms with Crippen LogP contribution in [0, 0.1) is 6.92 Å². The summed E-state index contributed by atoms with van der Waals surface area (Å²) in [6.45, 7) is 2.85. The number of aromatic nitrogens is 3. The Labute approximate surface area is 128 Å². The van der Waals surface area contributed by atoms with Gasteiger partial charge in [0.15, 0.2) is 0 Å². The molecule has 0 bridgehead atoms. The molecule has 0 aliphatic rings. The third-order valence-electron chi connectivity index (χ3n) is 3.33. The molecule has 120 valence electrons. The Morgan fingerprint density at radius 1 is 1.50 bits per heavy atom. The van der Waals surface area contributed by atoms with Gasteiger partial charge in [0.2, 0.25) is 0 Å². The van der Waals surface area contributed by atoms with Crippen LogP contribution in [-0.2, 0) is 11.8 Å². The quantitative estimate of drug-likeness (QED) is 0.746. The van der Waals surface area contributed by atoms with Crippen molar-refractivity contribution in [3.8, 4) is 11.3 Å². The summed E-state index contributed by atoms with van der Waals surface area (Å²) in [6.07, 6.45) is 2.40. The summed E-state index contributed by atoms with van der Waals surface area (Å²) in [5, 5.41) is 14.1. The third-order valence-corrected chi connectivity index (χ3v) is 3.33. The number of amides is 1. The lowest BCUT2D eigenvalue weighted by Crippen LogP contribution is -2.26. The molecule has 22 heavy (non-hydrogen) atoms. The Morgan fingerprint density at radius 3 is 2.95 bits per heavy atom. The summed E-state index contributed by atoms with van der Waals surface area (Å²) in [7, 11) is 5.23. The van der Waals surface area contributed by atoms with E-state index in [-0.39, 0.29) is 5.91 Å². The van der Waals surface area contributed by atoms with Gasteiger partial charge in [-0.15, -0.1) is 0 Å². The highest BCUT2D eigenvalue weighted by Crippen LogP contribution is 2.30. The Bertz CT molecular complexity index is 647. The summed E-state index contributed by atoms with van der Waals surface area (Å²) in [4.78, 5) is 12.4. The van der Waals surface area contributed by atoms with Crippen LogP contribution in [0.2, 0.25) is 0 Å². The number of hydrogen-bond donors (Lipinski definition) is 2. The van der Waals surface area contributed by atoms with Crippen molar-refractivity contribution in [1.29, 1.82) is 0 Å². The second kappa shape index (κ2) is 7.08. The summed E-state index contributed by atoms with van der Waals surface area (Å²) in [5.41, 5.74) is 1.64. The Balaban J connectivity index is 2.26. The fraction of sp³-hybridized carbons (Fsp3) is 0.500. The summed E-state index contributed by atoms with van der Waals surface area (Å²) in [5.74, 6) is 1.03. The van der Waals surface area contributed by atoms with E-state index in [1.165, 1.54) is 0 Å². The normalized spacial score (nSPS) is 10.7. The molecule has 0 fully saturated rings. The number of carbonyl (C=O) groups is 1. The van der Waals surface area contributed by atoms with Crippen LogP contribution in [0.1, 0.15) is 22.5 Å². The minimum Gasteiger partial charge on any atom is -0.385 e. The van der Waals surface area contributed by atoms with Crippen molar-refractivity contribution in [2.75, 3.05) is 32.6 Å². The molecule has 0 radical (unpaired) electrons. The maximum atomic E-state index is 12.4. The predicted molar refractivity (Wildman–Crippen MR) is 81.8 cm³/mol. The molecule has 8 nitrogen and oxygen atoms in total. The number of ether oxygens (including phenoxy) is 1. The van der Waals surface area contributed by atoms with E-state index in [0.29, 0.717) is 30.2 Å². The van der Waals surface area contributed by atoms with Crippen LogP contribution in [0.3, 0.4) is 0 Å². The van der Waals surface area contributed by atoms with Gasteiger partial charge in [-0.3, -0.25) is 9.48 Å². The van der Waals surface area contributed by atoms with Gasteiger partial charge in [0.25, 0.3) is 5.91 Å². The van der Waals surface area contributed by atoms with Crippen molar-refractivity contribution < 1.29 is 14.1 Å². The van der Waals surface area contributed by atoms with E-state index in [2.05, 4.69) is 20.9 Å². The molecule has 0 aliphatic heterocycles. The first kappa shape index (κ1) is 16.0. The predicted octanol–water partition coefficient (Wildman–Crippen LogP) is 1.19. The van der Waals surface area contributed by atoms with E-state index in [1.54, 1.807) is 32.0 Å². The minimum absolute atomic E-state index is 0.212. The van der Waals surface area contributed by atoms with Crippen molar-refractivity contribution in [2.45, 2.75) is 13.3 Å². The highest BCUT2D eigenvalue weighted by Gasteiger charge is 2.24. The molecule has 0 saturated carbocycles. The zero-order valence-corrected chi connectivity index (χ0v) is 13.3. The summed E-state index contributed by atoms with van der Waals surface area (Å²) < 4.78 is 11.8. The molecule has 1 amide bonds. The number of hydrogen-bond acceptors (Lipinski definition) is 6. The average molecular weight is 307 g/mol. The third kappa shape index (κ3) is 3.11. The molecule has 0 spiro atoms. The highest BCUT2D eigenvalue weighted by molar-refractivity contribution is 6.01. The van der Waals surface area contributed by atoms with Gasteiger partial charge < -0.3 is 19.9 Å². The van der Waals surface area contributed by atoms with Crippen LogP contribution in [-0.4, -0.2) is 48.2 Å². The number of rotatable bonds is 7. The second-order valence-electron chi connectivity index (χ2n) is 4.85. The van der Waals surface area contributed by atoms with Gasteiger partial charge in [-0.2, -0.15) is 5.10 Å². The van der Waals surface area contributed by atoms with Gasteiger partial charge in [-0.1, -0.05) is 5.16 Å². The molecule has 8 heteroatoms. The monoisotopic (exact) mass is 307 g/mol. The number of anilines is 1. The number of methoxy groups -OCH3 is 1. The van der Waals surface area contributed by atoms with Crippen molar-refractivity contribution in [3.63, 3.8) is 0 Å². The maximum Gasteiger partial charge on any atom is 0.257 e. The molecule has 0 atom stereocenters. The Kier molecular flexibility index (Phi) is 5.16. The molecule has 2 aromatic heterocycles. The number of nitrogens with one attached hydrogen (secondary N) is 2. The molecular formula is C14H21N5O3. The lowest BCUT2D eigenvalue weighted by molar-refractivity contribution is 0.0947. The van der Waals surface area contributed by atoms with E-state index in [0.717, 1.165) is 17.8 Å². The van der Waals surface area contributed by atoms with E-state index >= 15 is 0 Å². The van der Waals surface area contributed by atoms with Gasteiger partial charge in [0.1, 0.15) is 22.8 Å². The molecule has 0 saturated heterocycles. The maximum absolute atomic E-state index is 12.4. The van der Waals surface area contributed by atoms with Gasteiger partial charge in [-0.05, 0) is 13.3 Å². The second-order valence-corrected chi connectivity index (χ2v) is 4.85. The van der Waals surface area contributed by atoms with Crippen molar-refractivity contribution in [3.05, 3.63) is 17.5 Å². The Hall–Kier alpha value is -2.35. The van der Waals surface area contributed by atoms with Gasteiger partial charge in [0, 0.05) is 34.4 Å². The van der Waals surface area contributed by atoms with Gasteiger partial charge in [0.05, 0.1) is 11.8 Å². The standard InChI is InChI=1S/C14H21N5O3/c1-9-11(14(20)16-6-5-7-21-4)12(18-22-9)10-8-17-19(3)13(10)15-2/h8,15H,5-7H2,1-4H3,(H,16,20). The Morgan fingerprint density at radius 2 is 2.27 bits per heavy atom. The molecular weight excluding hydrogens is 286 g/mol. The van der Waals surface area contributed by atoms with Crippen LogP contribution < -0.4 is 10.6 Å². The first-order valence-corrected chi connectivity index (χ1v) is 7.03. The highest BCUT2D eigenvalue weighted by atomic mass is 16.5. The summed E-state index contributed by atoms with van der Waals surface area (Å²) in [6, 6.07) is 0. The van der Waals surface area contributed by atoms with Crippen LogP contribution >= 0.6 is 0 Å². The number of aryl methyl sites for hydroxylation is 2. The average Bonchev–Trinajstić information content (AvgIpc) is 3.06. The first-order chi connectivity index (χ1) is 10.6. The van der Waals surface area contributed by atoms with E-state index in [4.69, 9.17) is 9.26 Å². The molecule has 0 aliphatic carbocycles. The van der Waals surface area contributed by atoms with Crippen molar-refractivity contribution in [2.24, 2.45) is 7.05 Å². The van der Waals surface area contributed by atoms with Crippen molar-refractivity contribution in [1.82, 2.24) is 20.3 Å². The van der Waals surface area contributed by atoms with E-state index in [9.17, 15) is 4.79 Å². The zero-order valence-electron chi connectivity index (χ0n) is 13.3. The number of nitrogens with zero attached hydrogens (tertiary/aromatic N) is 3. The zero-order chi connectivity index (χ0) is 16.1. The minimum atomic E-state index is -0.212. The molecule has 2 rings (SSSR count). The van der Waals surface area contributed by atoms with E-state index < -0.39 is 0 Å². The lowest BCUT2D eigenvalue weighted by atomic mass is 10.1. The van der Waals surface area contributed by atoms with E-state index in [1.807, 2.05) is 7.05 Å². The number of carbonyl (C=O) groups excluding carboxylic acids is 1. The molecule has 2 aromatic rings. The van der Waals surface area contributed by atoms with Crippen LogP contribution in [0.25, 0.3) is 11.3 Å².